The average molecular weight is 388 g/mol. The third kappa shape index (κ3) is 1.80. The van der Waals surface area contributed by atoms with Gasteiger partial charge in [-0.3, -0.25) is 14.4 Å². The van der Waals surface area contributed by atoms with Crippen LogP contribution in [0.25, 0.3) is 0 Å². The first kappa shape index (κ1) is 18.5. The molecule has 0 amide bonds. The molecule has 4 bridgehead atoms. The van der Waals surface area contributed by atoms with Crippen molar-refractivity contribution in [1.82, 2.24) is 0 Å². The van der Waals surface area contributed by atoms with Crippen molar-refractivity contribution in [2.24, 2.45) is 34.0 Å². The van der Waals surface area contributed by atoms with Crippen LogP contribution in [0.2, 0.25) is 0 Å². The molecular weight excluding hydrogens is 360 g/mol. The normalized spacial score (nSPS) is 50.9. The Balaban J connectivity index is 1.73. The van der Waals surface area contributed by atoms with E-state index in [9.17, 15) is 19.5 Å². The molecule has 0 aromatic rings. The molecule has 0 aromatic heterocycles. The van der Waals surface area contributed by atoms with Gasteiger partial charge in [0, 0.05) is 19.3 Å². The van der Waals surface area contributed by atoms with E-state index < -0.39 is 40.3 Å². The first-order valence-corrected chi connectivity index (χ1v) is 10.3. The van der Waals surface area contributed by atoms with Crippen molar-refractivity contribution in [2.75, 3.05) is 6.61 Å². The van der Waals surface area contributed by atoms with Gasteiger partial charge in [0.25, 0.3) is 0 Å². The Morgan fingerprint density at radius 2 is 1.96 bits per heavy atom. The molecule has 4 saturated carbocycles. The van der Waals surface area contributed by atoms with E-state index in [2.05, 4.69) is 6.58 Å². The number of carbonyl (C=O) groups excluding carboxylic acids is 3. The highest BCUT2D eigenvalue weighted by molar-refractivity contribution is 5.98. The molecule has 1 unspecified atom stereocenters. The predicted molar refractivity (Wildman–Crippen MR) is 98.0 cm³/mol. The van der Waals surface area contributed by atoms with Gasteiger partial charge in [0.1, 0.15) is 18.0 Å². The maximum atomic E-state index is 13.8. The van der Waals surface area contributed by atoms with Gasteiger partial charge in [0.05, 0.1) is 23.5 Å². The van der Waals surface area contributed by atoms with E-state index in [1.54, 1.807) is 0 Å². The van der Waals surface area contributed by atoms with Crippen molar-refractivity contribution in [3.05, 3.63) is 12.2 Å². The predicted octanol–water partition coefficient (Wildman–Crippen LogP) is 1.83. The largest absolute Gasteiger partial charge is 0.457 e. The summed E-state index contributed by atoms with van der Waals surface area (Å²) in [4.78, 5) is 39.1. The molecule has 6 heteroatoms. The molecule has 2 saturated heterocycles. The lowest BCUT2D eigenvalue weighted by atomic mass is 9.37. The molecule has 2 spiro atoms. The van der Waals surface area contributed by atoms with Crippen LogP contribution in [0.1, 0.15) is 46.5 Å². The fraction of sp³-hybridized carbons (Fsp3) is 0.773. The van der Waals surface area contributed by atoms with Crippen molar-refractivity contribution in [3.8, 4) is 0 Å². The number of esters is 1. The summed E-state index contributed by atoms with van der Waals surface area (Å²) in [5, 5.41) is 11.3. The number of aliphatic hydroxyl groups excluding tert-OH is 1. The van der Waals surface area contributed by atoms with Crippen LogP contribution in [0.15, 0.2) is 12.2 Å². The molecular formula is C22H28O6. The Labute approximate surface area is 164 Å². The Bertz CT molecular complexity index is 814. The van der Waals surface area contributed by atoms with Gasteiger partial charge in [0.15, 0.2) is 5.78 Å². The number of fused-ring (bicyclic) bond motifs is 3. The number of ether oxygens (including phenoxy) is 2. The van der Waals surface area contributed by atoms with E-state index >= 15 is 0 Å². The standard InChI is InChI=1S/C22H28O6/c1-10-12-5-6-13-21(8-12,19(10)28-11(2)23)18(26)16(25)17-20(3,4)15-7-14(24)22(13,17)9-27-15/h12-13,15-17,19,25H,1,5-9H2,2-4H3/t12?,13-,15-,16+,17-,19-,21-,22-/m1/s1. The Morgan fingerprint density at radius 1 is 1.25 bits per heavy atom. The zero-order valence-corrected chi connectivity index (χ0v) is 16.7. The molecule has 6 fully saturated rings. The van der Waals surface area contributed by atoms with Gasteiger partial charge in [0.2, 0.25) is 0 Å². The fourth-order valence-corrected chi connectivity index (χ4v) is 7.86. The maximum absolute atomic E-state index is 13.8. The zero-order chi connectivity index (χ0) is 20.2. The fourth-order valence-electron chi connectivity index (χ4n) is 7.86. The number of aliphatic hydroxyl groups is 1. The minimum atomic E-state index is -1.26. The molecule has 6 rings (SSSR count). The number of hydrogen-bond donors (Lipinski definition) is 1. The van der Waals surface area contributed by atoms with Crippen molar-refractivity contribution < 1.29 is 29.0 Å². The smallest absolute Gasteiger partial charge is 0.303 e. The number of Topliss-reactive ketones (excluding diaryl/α,β-unsaturated/α-hetero) is 2. The molecule has 4 aliphatic carbocycles. The highest BCUT2D eigenvalue weighted by atomic mass is 16.5. The van der Waals surface area contributed by atoms with Crippen LogP contribution in [0.5, 0.6) is 0 Å². The van der Waals surface area contributed by atoms with Gasteiger partial charge < -0.3 is 14.6 Å². The second-order valence-electron chi connectivity index (χ2n) is 10.2. The quantitative estimate of drug-likeness (QED) is 0.545. The lowest BCUT2D eigenvalue weighted by Crippen LogP contribution is -2.77. The van der Waals surface area contributed by atoms with Crippen LogP contribution in [-0.2, 0) is 23.9 Å². The maximum Gasteiger partial charge on any atom is 0.303 e. The van der Waals surface area contributed by atoms with Gasteiger partial charge in [-0.1, -0.05) is 20.4 Å². The molecule has 152 valence electrons. The van der Waals surface area contributed by atoms with Gasteiger partial charge in [-0.05, 0) is 42.1 Å². The highest BCUT2D eigenvalue weighted by Gasteiger charge is 2.79. The molecule has 2 heterocycles. The van der Waals surface area contributed by atoms with Crippen LogP contribution in [-0.4, -0.2) is 47.6 Å². The van der Waals surface area contributed by atoms with Crippen molar-refractivity contribution in [1.29, 1.82) is 0 Å². The molecule has 2 aliphatic heterocycles. The van der Waals surface area contributed by atoms with Gasteiger partial charge in [-0.25, -0.2) is 0 Å². The number of carbonyl (C=O) groups is 3. The lowest BCUT2D eigenvalue weighted by Gasteiger charge is -2.68. The Hall–Kier alpha value is -1.53. The molecule has 0 aromatic carbocycles. The topological polar surface area (TPSA) is 89.9 Å². The van der Waals surface area contributed by atoms with Crippen LogP contribution in [0.3, 0.4) is 0 Å². The summed E-state index contributed by atoms with van der Waals surface area (Å²) < 4.78 is 11.8. The summed E-state index contributed by atoms with van der Waals surface area (Å²) in [5.74, 6) is -1.32. The van der Waals surface area contributed by atoms with Crippen LogP contribution in [0, 0.1) is 34.0 Å². The second kappa shape index (κ2) is 5.33. The monoisotopic (exact) mass is 388 g/mol. The molecule has 6 nitrogen and oxygen atoms in total. The third-order valence-electron chi connectivity index (χ3n) is 8.89. The zero-order valence-electron chi connectivity index (χ0n) is 16.7. The van der Waals surface area contributed by atoms with Crippen molar-refractivity contribution in [3.63, 3.8) is 0 Å². The lowest BCUT2D eigenvalue weighted by molar-refractivity contribution is -0.275. The summed E-state index contributed by atoms with van der Waals surface area (Å²) in [6, 6.07) is 0. The van der Waals surface area contributed by atoms with E-state index in [1.165, 1.54) is 6.92 Å². The molecule has 28 heavy (non-hydrogen) atoms. The number of hydrogen-bond acceptors (Lipinski definition) is 6. The highest BCUT2D eigenvalue weighted by Crippen LogP contribution is 2.72. The average Bonchev–Trinajstić information content (AvgIpc) is 2.82. The minimum Gasteiger partial charge on any atom is -0.457 e. The molecule has 0 radical (unpaired) electrons. The van der Waals surface area contributed by atoms with Crippen LogP contribution in [0.4, 0.5) is 0 Å². The Kier molecular flexibility index (Phi) is 3.52. The SMILES string of the molecule is C=C1C2CC[C@@H]3[C@](C2)(C(=O)[C@@H](O)[C@@H]2C(C)(C)[C@H]4CC(=O)[C@@]32CO4)[C@@H]1OC(C)=O. The summed E-state index contributed by atoms with van der Waals surface area (Å²) in [6.07, 6.45) is 0.0162. The van der Waals surface area contributed by atoms with Crippen molar-refractivity contribution in [2.45, 2.75) is 64.8 Å². The van der Waals surface area contributed by atoms with E-state index in [0.29, 0.717) is 19.3 Å². The van der Waals surface area contributed by atoms with E-state index in [0.717, 1.165) is 12.0 Å². The van der Waals surface area contributed by atoms with E-state index in [4.69, 9.17) is 9.47 Å². The Morgan fingerprint density at radius 3 is 2.61 bits per heavy atom. The van der Waals surface area contributed by atoms with Crippen molar-refractivity contribution >= 4 is 17.5 Å². The molecule has 6 aliphatic rings. The molecule has 8 atom stereocenters. The number of ketones is 2. The van der Waals surface area contributed by atoms with Gasteiger partial charge >= 0.3 is 5.97 Å². The minimum absolute atomic E-state index is 0.0775. The number of rotatable bonds is 1. The first-order valence-electron chi connectivity index (χ1n) is 10.3. The summed E-state index contributed by atoms with van der Waals surface area (Å²) in [5.41, 5.74) is -1.70. The van der Waals surface area contributed by atoms with E-state index in [-0.39, 0.29) is 36.1 Å². The summed E-state index contributed by atoms with van der Waals surface area (Å²) in [7, 11) is 0. The van der Waals surface area contributed by atoms with E-state index in [1.807, 2.05) is 13.8 Å². The van der Waals surface area contributed by atoms with Crippen LogP contribution < -0.4 is 0 Å². The van der Waals surface area contributed by atoms with Gasteiger partial charge in [-0.15, -0.1) is 0 Å². The second-order valence-corrected chi connectivity index (χ2v) is 10.2. The molecule has 1 N–H and O–H groups in total. The summed E-state index contributed by atoms with van der Waals surface area (Å²) >= 11 is 0. The summed E-state index contributed by atoms with van der Waals surface area (Å²) in [6.45, 7) is 9.73. The first-order chi connectivity index (χ1) is 13.1. The van der Waals surface area contributed by atoms with Gasteiger partial charge in [-0.2, -0.15) is 0 Å². The van der Waals surface area contributed by atoms with Crippen LogP contribution >= 0.6 is 0 Å². The third-order valence-corrected chi connectivity index (χ3v) is 8.89.